The molecule has 4 rings (SSSR count). The number of carbonyl (C=O) groups excluding carboxylic acids is 1. The summed E-state index contributed by atoms with van der Waals surface area (Å²) in [6, 6.07) is 18.0. The van der Waals surface area contributed by atoms with Crippen LogP contribution in [0, 0.1) is 11.5 Å². The van der Waals surface area contributed by atoms with Crippen LogP contribution in [-0.4, -0.2) is 49.6 Å². The van der Waals surface area contributed by atoms with Crippen LogP contribution in [0.3, 0.4) is 0 Å². The minimum atomic E-state index is -0.194. The summed E-state index contributed by atoms with van der Waals surface area (Å²) in [5, 5.41) is 15.3. The van der Waals surface area contributed by atoms with Gasteiger partial charge in [-0.15, -0.1) is 0 Å². The molecule has 2 aromatic carbocycles. The number of hydrogen-bond donors (Lipinski definition) is 2. The summed E-state index contributed by atoms with van der Waals surface area (Å²) in [6.07, 6.45) is 8.36. The van der Waals surface area contributed by atoms with Crippen molar-refractivity contribution in [3.8, 4) is 11.9 Å². The van der Waals surface area contributed by atoms with Gasteiger partial charge in [0.25, 0.3) is 5.91 Å². The summed E-state index contributed by atoms with van der Waals surface area (Å²) in [5.74, 6) is 1.12. The smallest absolute Gasteiger partial charge is 0.255 e. The number of ether oxygens (including phenoxy) is 1. The predicted octanol–water partition coefficient (Wildman–Crippen LogP) is 3.83. The van der Waals surface area contributed by atoms with E-state index in [1.807, 2.05) is 18.2 Å². The van der Waals surface area contributed by atoms with Crippen molar-refractivity contribution in [1.29, 1.82) is 5.26 Å². The number of nitrogens with one attached hydrogen (secondary N) is 2. The molecule has 0 aromatic heterocycles. The van der Waals surface area contributed by atoms with Crippen LogP contribution in [-0.2, 0) is 5.41 Å². The lowest BCUT2D eigenvalue weighted by Crippen LogP contribution is -2.52. The summed E-state index contributed by atoms with van der Waals surface area (Å²) in [4.78, 5) is 20.1. The van der Waals surface area contributed by atoms with Gasteiger partial charge in [-0.1, -0.05) is 55.3 Å². The molecule has 1 saturated heterocycles. The van der Waals surface area contributed by atoms with Crippen LogP contribution < -0.4 is 15.4 Å². The molecule has 178 valence electrons. The largest absolute Gasteiger partial charge is 0.496 e. The Morgan fingerprint density at radius 1 is 1.12 bits per heavy atom. The second-order valence-corrected chi connectivity index (χ2v) is 9.14. The fraction of sp³-hybridized carbons (Fsp3) is 0.444. The molecule has 0 radical (unpaired) electrons. The minimum Gasteiger partial charge on any atom is -0.496 e. The molecule has 0 atom stereocenters. The van der Waals surface area contributed by atoms with Gasteiger partial charge >= 0.3 is 0 Å². The Bertz CT molecular complexity index is 1030. The second kappa shape index (κ2) is 11.1. The van der Waals surface area contributed by atoms with Crippen LogP contribution in [0.15, 0.2) is 59.6 Å². The molecule has 0 unspecified atom stereocenters. The van der Waals surface area contributed by atoms with E-state index in [-0.39, 0.29) is 11.3 Å². The third kappa shape index (κ3) is 5.33. The number of nitrogens with zero attached hydrogens (tertiary/aromatic N) is 3. The maximum Gasteiger partial charge on any atom is 0.255 e. The van der Waals surface area contributed by atoms with E-state index >= 15 is 0 Å². The molecule has 2 aromatic rings. The monoisotopic (exact) mass is 459 g/mol. The van der Waals surface area contributed by atoms with Gasteiger partial charge < -0.3 is 15.0 Å². The lowest BCUT2D eigenvalue weighted by atomic mass is 9.72. The SMILES string of the molecule is COc1ccccc1C(=O)NCC1(c2ccccc2)CCN(C(=NC2CCCC2)NC#N)CC1. The number of para-hydroxylation sites is 1. The first kappa shape index (κ1) is 23.6. The van der Waals surface area contributed by atoms with E-state index in [0.29, 0.717) is 29.9 Å². The zero-order valence-corrected chi connectivity index (χ0v) is 19.8. The number of aliphatic imine (C=N–C) groups is 1. The molecule has 7 heteroatoms. The first-order chi connectivity index (χ1) is 16.6. The number of guanidine groups is 1. The van der Waals surface area contributed by atoms with Crippen molar-refractivity contribution in [3.63, 3.8) is 0 Å². The predicted molar refractivity (Wildman–Crippen MR) is 133 cm³/mol. The van der Waals surface area contributed by atoms with E-state index in [1.54, 1.807) is 19.2 Å². The Labute approximate surface area is 201 Å². The van der Waals surface area contributed by atoms with Gasteiger partial charge in [0.2, 0.25) is 5.96 Å². The van der Waals surface area contributed by atoms with Crippen molar-refractivity contribution in [1.82, 2.24) is 15.5 Å². The Morgan fingerprint density at radius 3 is 2.47 bits per heavy atom. The molecule has 2 aliphatic rings. The van der Waals surface area contributed by atoms with E-state index in [9.17, 15) is 10.1 Å². The number of amides is 1. The van der Waals surface area contributed by atoms with Gasteiger partial charge in [0.15, 0.2) is 6.19 Å². The highest BCUT2D eigenvalue weighted by molar-refractivity contribution is 5.97. The van der Waals surface area contributed by atoms with Crippen LogP contribution in [0.4, 0.5) is 0 Å². The average molecular weight is 460 g/mol. The lowest BCUT2D eigenvalue weighted by Gasteiger charge is -2.43. The number of benzene rings is 2. The molecule has 7 nitrogen and oxygen atoms in total. The van der Waals surface area contributed by atoms with E-state index in [0.717, 1.165) is 38.8 Å². The summed E-state index contributed by atoms with van der Waals surface area (Å²) < 4.78 is 5.37. The number of likely N-dealkylation sites (tertiary alicyclic amines) is 1. The van der Waals surface area contributed by atoms with E-state index < -0.39 is 0 Å². The number of methoxy groups -OCH3 is 1. The topological polar surface area (TPSA) is 89.8 Å². The molecule has 0 spiro atoms. The molecule has 1 aliphatic carbocycles. The van der Waals surface area contributed by atoms with E-state index in [1.165, 1.54) is 18.4 Å². The molecule has 1 aliphatic heterocycles. The van der Waals surface area contributed by atoms with Crippen LogP contribution in [0.25, 0.3) is 0 Å². The minimum absolute atomic E-state index is 0.134. The molecule has 2 fully saturated rings. The zero-order valence-electron chi connectivity index (χ0n) is 19.8. The second-order valence-electron chi connectivity index (χ2n) is 9.14. The molecule has 2 N–H and O–H groups in total. The van der Waals surface area contributed by atoms with Gasteiger partial charge in [0, 0.05) is 25.0 Å². The van der Waals surface area contributed by atoms with Gasteiger partial charge in [-0.2, -0.15) is 5.26 Å². The maximum atomic E-state index is 13.0. The number of hydrogen-bond acceptors (Lipinski definition) is 4. The number of rotatable bonds is 6. The van der Waals surface area contributed by atoms with Crippen molar-refractivity contribution in [2.75, 3.05) is 26.7 Å². The fourth-order valence-electron chi connectivity index (χ4n) is 5.13. The highest BCUT2D eigenvalue weighted by atomic mass is 16.5. The van der Waals surface area contributed by atoms with Crippen LogP contribution in [0.1, 0.15) is 54.4 Å². The van der Waals surface area contributed by atoms with Crippen LogP contribution in [0.2, 0.25) is 0 Å². The molecule has 1 amide bonds. The standard InChI is InChI=1S/C27H33N5O2/c1-34-24-14-8-7-13-23(24)25(33)29-19-27(21-9-3-2-4-10-21)15-17-32(18-16-27)26(30-20-28)31-22-11-5-6-12-22/h2-4,7-10,13-14,22H,5-6,11-12,15-19H2,1H3,(H,29,33)(H,30,31). The highest BCUT2D eigenvalue weighted by Gasteiger charge is 2.37. The average Bonchev–Trinajstić information content (AvgIpc) is 3.41. The first-order valence-electron chi connectivity index (χ1n) is 12.1. The van der Waals surface area contributed by atoms with E-state index in [4.69, 9.17) is 9.73 Å². The van der Waals surface area contributed by atoms with Gasteiger partial charge in [0.05, 0.1) is 18.7 Å². The Hall–Kier alpha value is -3.53. The fourth-order valence-corrected chi connectivity index (χ4v) is 5.13. The quantitative estimate of drug-likeness (QED) is 0.297. The Kier molecular flexibility index (Phi) is 7.69. The molecular formula is C27H33N5O2. The molecule has 34 heavy (non-hydrogen) atoms. The van der Waals surface area contributed by atoms with Crippen molar-refractivity contribution in [2.24, 2.45) is 4.99 Å². The first-order valence-corrected chi connectivity index (χ1v) is 12.1. The van der Waals surface area contributed by atoms with Crippen molar-refractivity contribution in [2.45, 2.75) is 50.0 Å². The third-order valence-corrected chi connectivity index (χ3v) is 7.14. The van der Waals surface area contributed by atoms with Gasteiger partial charge in [0.1, 0.15) is 5.75 Å². The van der Waals surface area contributed by atoms with Gasteiger partial charge in [-0.3, -0.25) is 10.1 Å². The molecule has 0 bridgehead atoms. The molecular weight excluding hydrogens is 426 g/mol. The zero-order chi connectivity index (χ0) is 23.8. The third-order valence-electron chi connectivity index (χ3n) is 7.14. The summed E-state index contributed by atoms with van der Waals surface area (Å²) in [5.41, 5.74) is 1.56. The number of carbonyl (C=O) groups is 1. The Balaban J connectivity index is 1.50. The number of piperidine rings is 1. The highest BCUT2D eigenvalue weighted by Crippen LogP contribution is 2.35. The lowest BCUT2D eigenvalue weighted by molar-refractivity contribution is 0.0929. The summed E-state index contributed by atoms with van der Waals surface area (Å²) in [6.45, 7) is 2.06. The van der Waals surface area contributed by atoms with Crippen LogP contribution in [0.5, 0.6) is 5.75 Å². The maximum absolute atomic E-state index is 13.0. The van der Waals surface area contributed by atoms with E-state index in [2.05, 4.69) is 46.0 Å². The Morgan fingerprint density at radius 2 is 1.79 bits per heavy atom. The molecule has 1 heterocycles. The summed E-state index contributed by atoms with van der Waals surface area (Å²) >= 11 is 0. The van der Waals surface area contributed by atoms with Crippen molar-refractivity contribution < 1.29 is 9.53 Å². The normalized spacial score (nSPS) is 18.2. The van der Waals surface area contributed by atoms with Crippen LogP contribution >= 0.6 is 0 Å². The summed E-state index contributed by atoms with van der Waals surface area (Å²) in [7, 11) is 1.58. The number of nitriles is 1. The van der Waals surface area contributed by atoms with Gasteiger partial charge in [-0.05, 0) is 43.4 Å². The van der Waals surface area contributed by atoms with Gasteiger partial charge in [-0.25, -0.2) is 4.99 Å². The van der Waals surface area contributed by atoms with Crippen molar-refractivity contribution >= 4 is 11.9 Å². The molecule has 1 saturated carbocycles. The van der Waals surface area contributed by atoms with Crippen molar-refractivity contribution in [3.05, 3.63) is 65.7 Å².